The molecule has 0 N–H and O–H groups in total. The molecule has 0 spiro atoms. The summed E-state index contributed by atoms with van der Waals surface area (Å²) in [6.45, 7) is 0. The minimum absolute atomic E-state index is 0. The maximum absolute atomic E-state index is 3.19. The van der Waals surface area contributed by atoms with E-state index in [4.69, 9.17) is 0 Å². The van der Waals surface area contributed by atoms with Crippen LogP contribution in [0.25, 0.3) is 0 Å². The molecule has 3 rings (SSSR count). The molecule has 0 heterocycles. The van der Waals surface area contributed by atoms with Gasteiger partial charge < -0.3 is 0 Å². The largest absolute Gasteiger partial charge is 0.130 e. The van der Waals surface area contributed by atoms with Gasteiger partial charge in [-0.05, 0) is 47.5 Å². The monoisotopic (exact) mass is 460 g/mol. The minimum Gasteiger partial charge on any atom is -0.130 e. The number of benzene rings is 3. The molecule has 0 saturated carbocycles. The summed E-state index contributed by atoms with van der Waals surface area (Å²) in [5, 5.41) is 0.179. The fourth-order valence-corrected chi connectivity index (χ4v) is 3.90. The second-order valence-electron chi connectivity index (χ2n) is 6.67. The van der Waals surface area contributed by atoms with E-state index < -0.39 is 0 Å². The van der Waals surface area contributed by atoms with Gasteiger partial charge in [0.2, 0.25) is 0 Å². The standard InChI is InChI=1S/C23H25P.HI/c24-23(18-21-12-6-2-7-13-21,19-22-14-8-3-9-15-22)17-16-20-10-4-1-5-11-20;/h1-15H,16-19,24H2;1H. The quantitative estimate of drug-likeness (QED) is 0.285. The topological polar surface area (TPSA) is 0 Å². The lowest BCUT2D eigenvalue weighted by Crippen LogP contribution is -2.28. The first kappa shape index (κ1) is 20.1. The zero-order valence-corrected chi connectivity index (χ0v) is 18.0. The molecule has 1 unspecified atom stereocenters. The number of hydrogen-bond acceptors (Lipinski definition) is 0. The fraction of sp³-hybridized carbons (Fsp3) is 0.217. The maximum Gasteiger partial charge on any atom is -0.00665 e. The number of rotatable bonds is 7. The Hall–Kier alpha value is -1.18. The van der Waals surface area contributed by atoms with Crippen LogP contribution in [0.1, 0.15) is 23.1 Å². The highest BCUT2D eigenvalue weighted by molar-refractivity contribution is 14.0. The van der Waals surface area contributed by atoms with E-state index >= 15 is 0 Å². The normalized spacial score (nSPS) is 10.9. The van der Waals surface area contributed by atoms with Gasteiger partial charge in [0.1, 0.15) is 0 Å². The Morgan fingerprint density at radius 3 is 1.32 bits per heavy atom. The van der Waals surface area contributed by atoms with Crippen molar-refractivity contribution in [3.8, 4) is 0 Å². The number of aryl methyl sites for hydroxylation is 1. The summed E-state index contributed by atoms with van der Waals surface area (Å²) in [6.07, 6.45) is 4.44. The summed E-state index contributed by atoms with van der Waals surface area (Å²) < 4.78 is 0. The second kappa shape index (κ2) is 10.1. The molecule has 0 aliphatic carbocycles. The van der Waals surface area contributed by atoms with E-state index in [-0.39, 0.29) is 29.1 Å². The third-order valence-electron chi connectivity index (χ3n) is 4.55. The van der Waals surface area contributed by atoms with E-state index in [2.05, 4.69) is 100 Å². The van der Waals surface area contributed by atoms with Gasteiger partial charge in [-0.2, -0.15) is 0 Å². The van der Waals surface area contributed by atoms with Crippen LogP contribution in [0.2, 0.25) is 0 Å². The van der Waals surface area contributed by atoms with Gasteiger partial charge >= 0.3 is 0 Å². The van der Waals surface area contributed by atoms with Crippen LogP contribution >= 0.6 is 33.2 Å². The van der Waals surface area contributed by atoms with Gasteiger partial charge in [-0.1, -0.05) is 91.0 Å². The van der Waals surface area contributed by atoms with Crippen molar-refractivity contribution in [3.05, 3.63) is 108 Å². The lowest BCUT2D eigenvalue weighted by Gasteiger charge is -2.30. The second-order valence-corrected chi connectivity index (χ2v) is 7.90. The van der Waals surface area contributed by atoms with Crippen LogP contribution in [0.5, 0.6) is 0 Å². The highest BCUT2D eigenvalue weighted by Gasteiger charge is 2.25. The van der Waals surface area contributed by atoms with Crippen molar-refractivity contribution in [1.29, 1.82) is 0 Å². The molecule has 0 amide bonds. The van der Waals surface area contributed by atoms with E-state index in [1.54, 1.807) is 0 Å². The van der Waals surface area contributed by atoms with E-state index in [9.17, 15) is 0 Å². The smallest absolute Gasteiger partial charge is 0.00665 e. The molecule has 0 saturated heterocycles. The lowest BCUT2D eigenvalue weighted by atomic mass is 9.86. The van der Waals surface area contributed by atoms with Crippen molar-refractivity contribution in [1.82, 2.24) is 0 Å². The Morgan fingerprint density at radius 1 is 0.560 bits per heavy atom. The van der Waals surface area contributed by atoms with Gasteiger partial charge in [-0.3, -0.25) is 0 Å². The van der Waals surface area contributed by atoms with E-state index in [0.717, 1.165) is 25.7 Å². The zero-order chi connectivity index (χ0) is 16.7. The van der Waals surface area contributed by atoms with Gasteiger partial charge in [0.05, 0.1) is 0 Å². The molecule has 2 heteroatoms. The van der Waals surface area contributed by atoms with Crippen LogP contribution in [0.15, 0.2) is 91.0 Å². The first-order chi connectivity index (χ1) is 11.7. The van der Waals surface area contributed by atoms with E-state index in [1.165, 1.54) is 16.7 Å². The molecule has 130 valence electrons. The number of hydrogen-bond donors (Lipinski definition) is 0. The minimum atomic E-state index is 0. The fourth-order valence-electron chi connectivity index (χ4n) is 3.28. The Bertz CT molecular complexity index is 684. The first-order valence-electron chi connectivity index (χ1n) is 8.64. The third kappa shape index (κ3) is 6.56. The van der Waals surface area contributed by atoms with E-state index in [0.29, 0.717) is 0 Å². The van der Waals surface area contributed by atoms with E-state index in [1.807, 2.05) is 0 Å². The van der Waals surface area contributed by atoms with Gasteiger partial charge in [0, 0.05) is 0 Å². The summed E-state index contributed by atoms with van der Waals surface area (Å²) in [6, 6.07) is 32.5. The lowest BCUT2D eigenvalue weighted by molar-refractivity contribution is 0.532. The highest BCUT2D eigenvalue weighted by Crippen LogP contribution is 2.33. The summed E-state index contributed by atoms with van der Waals surface area (Å²) in [7, 11) is 3.19. The molecule has 3 aromatic rings. The molecule has 1 atom stereocenters. The summed E-state index contributed by atoms with van der Waals surface area (Å²) in [4.78, 5) is 0. The summed E-state index contributed by atoms with van der Waals surface area (Å²) in [5.41, 5.74) is 4.25. The predicted octanol–water partition coefficient (Wildman–Crippen LogP) is 6.34. The molecule has 0 fully saturated rings. The Balaban J connectivity index is 0.00000225. The molecular formula is C23H26IP. The van der Waals surface area contributed by atoms with Crippen molar-refractivity contribution >= 4 is 33.2 Å². The predicted molar refractivity (Wildman–Crippen MR) is 123 cm³/mol. The molecule has 0 nitrogen and oxygen atoms in total. The summed E-state index contributed by atoms with van der Waals surface area (Å²) >= 11 is 0. The molecule has 3 aromatic carbocycles. The molecule has 0 bridgehead atoms. The Kier molecular flexibility index (Phi) is 8.12. The van der Waals surface area contributed by atoms with Crippen molar-refractivity contribution in [2.24, 2.45) is 0 Å². The SMILES string of the molecule is I.PC(CCc1ccccc1)(Cc1ccccc1)Cc1ccccc1. The maximum atomic E-state index is 3.19. The Labute approximate surface area is 171 Å². The van der Waals surface area contributed by atoms with Gasteiger partial charge in [0.15, 0.2) is 0 Å². The molecule has 0 radical (unpaired) electrons. The van der Waals surface area contributed by atoms with Crippen LogP contribution in [0, 0.1) is 0 Å². The van der Waals surface area contributed by atoms with Gasteiger partial charge in [0.25, 0.3) is 0 Å². The molecule has 25 heavy (non-hydrogen) atoms. The van der Waals surface area contributed by atoms with Crippen LogP contribution in [0.4, 0.5) is 0 Å². The molecule has 0 aromatic heterocycles. The number of halogens is 1. The van der Waals surface area contributed by atoms with Gasteiger partial charge in [-0.25, -0.2) is 0 Å². The van der Waals surface area contributed by atoms with Crippen LogP contribution < -0.4 is 0 Å². The van der Waals surface area contributed by atoms with Crippen molar-refractivity contribution < 1.29 is 0 Å². The average Bonchev–Trinajstić information content (AvgIpc) is 2.63. The third-order valence-corrected chi connectivity index (χ3v) is 5.25. The summed E-state index contributed by atoms with van der Waals surface area (Å²) in [5.74, 6) is 0. The van der Waals surface area contributed by atoms with Crippen LogP contribution in [-0.4, -0.2) is 5.16 Å². The highest BCUT2D eigenvalue weighted by atomic mass is 127. The molecular weight excluding hydrogens is 434 g/mol. The van der Waals surface area contributed by atoms with Crippen molar-refractivity contribution in [3.63, 3.8) is 0 Å². The van der Waals surface area contributed by atoms with Crippen LogP contribution in [-0.2, 0) is 19.3 Å². The Morgan fingerprint density at radius 2 is 0.920 bits per heavy atom. The van der Waals surface area contributed by atoms with Crippen molar-refractivity contribution in [2.45, 2.75) is 30.8 Å². The molecule has 0 aliphatic rings. The molecule has 0 aliphatic heterocycles. The first-order valence-corrected chi connectivity index (χ1v) is 9.22. The van der Waals surface area contributed by atoms with Gasteiger partial charge in [-0.15, -0.1) is 33.2 Å². The van der Waals surface area contributed by atoms with Crippen LogP contribution in [0.3, 0.4) is 0 Å². The average molecular weight is 460 g/mol. The zero-order valence-electron chi connectivity index (χ0n) is 14.5. The van der Waals surface area contributed by atoms with Crippen molar-refractivity contribution in [2.75, 3.05) is 0 Å².